The number of benzene rings is 1. The van der Waals surface area contributed by atoms with Gasteiger partial charge in [-0.3, -0.25) is 0 Å². The van der Waals surface area contributed by atoms with Crippen molar-refractivity contribution in [2.24, 2.45) is 5.41 Å². The van der Waals surface area contributed by atoms with Gasteiger partial charge in [-0.15, -0.1) is 35.4 Å². The largest absolute Gasteiger partial charge is 0.305 e. The Morgan fingerprint density at radius 1 is 1.00 bits per heavy atom. The Morgan fingerprint density at radius 2 is 1.68 bits per heavy atom. The van der Waals surface area contributed by atoms with Crippen LogP contribution in [0.1, 0.15) is 52.7 Å². The van der Waals surface area contributed by atoms with Crippen molar-refractivity contribution < 1.29 is 20.1 Å². The summed E-state index contributed by atoms with van der Waals surface area (Å²) >= 11 is 0. The summed E-state index contributed by atoms with van der Waals surface area (Å²) in [5, 5.41) is 0. The summed E-state index contributed by atoms with van der Waals surface area (Å²) in [6.45, 7) is 13.5. The molecule has 1 aromatic carbocycles. The van der Waals surface area contributed by atoms with Crippen LogP contribution in [0.3, 0.4) is 0 Å². The third-order valence-electron chi connectivity index (χ3n) is 3.50. The van der Waals surface area contributed by atoms with Crippen molar-refractivity contribution in [3.63, 3.8) is 0 Å². The van der Waals surface area contributed by atoms with Gasteiger partial charge in [-0.25, -0.2) is 0 Å². The minimum absolute atomic E-state index is 0. The molecule has 1 heterocycles. The molecule has 1 radical (unpaired) electrons. The molecule has 0 amide bonds. The first-order chi connectivity index (χ1) is 9.65. The minimum Gasteiger partial charge on any atom is -0.305 e. The van der Waals surface area contributed by atoms with Gasteiger partial charge in [0.15, 0.2) is 0 Å². The monoisotopic (exact) mass is 473 g/mol. The number of pyridine rings is 1. The molecule has 0 aliphatic carbocycles. The third-order valence-corrected chi connectivity index (χ3v) is 3.50. The zero-order valence-electron chi connectivity index (χ0n) is 14.5. The van der Waals surface area contributed by atoms with Crippen LogP contribution in [-0.4, -0.2) is 4.98 Å². The van der Waals surface area contributed by atoms with Crippen LogP contribution in [0.4, 0.5) is 0 Å². The van der Waals surface area contributed by atoms with E-state index < -0.39 is 0 Å². The zero-order chi connectivity index (χ0) is 15.7. The number of aromatic nitrogens is 1. The Bertz CT molecular complexity index is 618. The van der Waals surface area contributed by atoms with Crippen LogP contribution >= 0.6 is 0 Å². The van der Waals surface area contributed by atoms with Gasteiger partial charge >= 0.3 is 0 Å². The van der Waals surface area contributed by atoms with E-state index in [1.807, 2.05) is 12.3 Å². The molecule has 0 saturated carbocycles. The van der Waals surface area contributed by atoms with Gasteiger partial charge in [0.25, 0.3) is 0 Å². The average Bonchev–Trinajstić information content (AvgIpc) is 2.36. The molecular formula is C20H26IrN-. The molecule has 121 valence electrons. The van der Waals surface area contributed by atoms with Crippen molar-refractivity contribution in [2.75, 3.05) is 0 Å². The Kier molecular flexibility index (Phi) is 6.12. The molecule has 1 nitrogen and oxygen atoms in total. The van der Waals surface area contributed by atoms with Crippen molar-refractivity contribution in [3.8, 4) is 11.3 Å². The molecule has 0 saturated heterocycles. The van der Waals surface area contributed by atoms with Crippen LogP contribution in [0.25, 0.3) is 11.3 Å². The van der Waals surface area contributed by atoms with Crippen LogP contribution in [0.5, 0.6) is 0 Å². The van der Waals surface area contributed by atoms with Crippen LogP contribution in [0.2, 0.25) is 0 Å². The molecule has 0 unspecified atom stereocenters. The predicted octanol–water partition coefficient (Wildman–Crippen LogP) is 5.43. The summed E-state index contributed by atoms with van der Waals surface area (Å²) in [4.78, 5) is 4.53. The Labute approximate surface area is 148 Å². The van der Waals surface area contributed by atoms with Gasteiger partial charge in [0.1, 0.15) is 0 Å². The molecule has 0 aliphatic heterocycles. The van der Waals surface area contributed by atoms with Crippen LogP contribution in [-0.2, 0) is 31.9 Å². The van der Waals surface area contributed by atoms with E-state index >= 15 is 0 Å². The Balaban J connectivity index is 0.00000242. The molecule has 0 N–H and O–H groups in total. The maximum Gasteiger partial charge on any atom is 0.0163 e. The third kappa shape index (κ3) is 5.34. The van der Waals surface area contributed by atoms with Gasteiger partial charge in [0.05, 0.1) is 0 Å². The second kappa shape index (κ2) is 7.06. The second-order valence-electron chi connectivity index (χ2n) is 8.03. The van der Waals surface area contributed by atoms with E-state index in [2.05, 4.69) is 76.9 Å². The van der Waals surface area contributed by atoms with Crippen molar-refractivity contribution in [1.29, 1.82) is 0 Å². The van der Waals surface area contributed by atoms with E-state index in [0.717, 1.165) is 17.7 Å². The van der Waals surface area contributed by atoms with Crippen molar-refractivity contribution in [2.45, 2.75) is 53.4 Å². The van der Waals surface area contributed by atoms with E-state index in [-0.39, 0.29) is 30.9 Å². The molecule has 1 aromatic heterocycles. The summed E-state index contributed by atoms with van der Waals surface area (Å²) in [5.74, 6) is 0. The number of nitrogens with zero attached hydrogens (tertiary/aromatic N) is 1. The molecule has 22 heavy (non-hydrogen) atoms. The Morgan fingerprint density at radius 3 is 2.27 bits per heavy atom. The second-order valence-corrected chi connectivity index (χ2v) is 8.03. The number of rotatable bonds is 2. The fourth-order valence-corrected chi connectivity index (χ4v) is 2.42. The summed E-state index contributed by atoms with van der Waals surface area (Å²) < 4.78 is 0. The molecular weight excluding hydrogens is 446 g/mol. The molecule has 0 aliphatic rings. The Hall–Kier alpha value is -0.981. The summed E-state index contributed by atoms with van der Waals surface area (Å²) in [6.07, 6.45) is 2.97. The van der Waals surface area contributed by atoms with Crippen molar-refractivity contribution in [3.05, 3.63) is 53.7 Å². The number of hydrogen-bond donors (Lipinski definition) is 0. The van der Waals surface area contributed by atoms with E-state index in [0.29, 0.717) is 0 Å². The maximum absolute atomic E-state index is 4.53. The van der Waals surface area contributed by atoms with E-state index in [4.69, 9.17) is 0 Å². The average molecular weight is 473 g/mol. The molecule has 0 atom stereocenters. The van der Waals surface area contributed by atoms with E-state index in [9.17, 15) is 0 Å². The van der Waals surface area contributed by atoms with Gasteiger partial charge < -0.3 is 4.98 Å². The summed E-state index contributed by atoms with van der Waals surface area (Å²) in [6, 6.07) is 14.0. The number of hydrogen-bond acceptors (Lipinski definition) is 1. The molecule has 2 heteroatoms. The SMILES string of the molecule is CC(C)(C)Cc1ccnc(-c2[c-]ccc(C(C)(C)C)c2)c1.[Ir]. The molecule has 0 fully saturated rings. The predicted molar refractivity (Wildman–Crippen MR) is 90.4 cm³/mol. The first-order valence-corrected chi connectivity index (χ1v) is 7.63. The maximum atomic E-state index is 4.53. The standard InChI is InChI=1S/C20H26N.Ir/c1-19(2,3)14-15-10-11-21-18(12-15)16-8-7-9-17(13-16)20(4,5)6;/h7,9-13H,14H2,1-6H3;/q-1;. The van der Waals surface area contributed by atoms with Crippen LogP contribution in [0, 0.1) is 11.5 Å². The minimum atomic E-state index is 0. The smallest absolute Gasteiger partial charge is 0.0163 e. The van der Waals surface area contributed by atoms with Gasteiger partial charge in [-0.1, -0.05) is 53.2 Å². The van der Waals surface area contributed by atoms with Gasteiger partial charge in [0.2, 0.25) is 0 Å². The normalized spacial score (nSPS) is 11.9. The van der Waals surface area contributed by atoms with Crippen LogP contribution in [0.15, 0.2) is 36.5 Å². The van der Waals surface area contributed by atoms with Crippen LogP contribution < -0.4 is 0 Å². The quantitative estimate of drug-likeness (QED) is 0.531. The molecule has 2 aromatic rings. The fourth-order valence-electron chi connectivity index (χ4n) is 2.42. The van der Waals surface area contributed by atoms with E-state index in [1.165, 1.54) is 11.1 Å². The molecule has 0 spiro atoms. The van der Waals surface area contributed by atoms with E-state index in [1.54, 1.807) is 0 Å². The van der Waals surface area contributed by atoms with Gasteiger partial charge in [-0.2, -0.15) is 0 Å². The zero-order valence-corrected chi connectivity index (χ0v) is 16.8. The molecule has 2 rings (SSSR count). The van der Waals surface area contributed by atoms with Gasteiger partial charge in [-0.05, 0) is 29.0 Å². The summed E-state index contributed by atoms with van der Waals surface area (Å²) in [7, 11) is 0. The van der Waals surface area contributed by atoms with Gasteiger partial charge in [0, 0.05) is 26.3 Å². The first-order valence-electron chi connectivity index (χ1n) is 7.63. The topological polar surface area (TPSA) is 12.9 Å². The van der Waals surface area contributed by atoms with Crippen molar-refractivity contribution >= 4 is 0 Å². The molecule has 0 bridgehead atoms. The fraction of sp³-hybridized carbons (Fsp3) is 0.450. The first kappa shape index (κ1) is 19.1. The summed E-state index contributed by atoms with van der Waals surface area (Å²) in [5.41, 5.74) is 5.19. The van der Waals surface area contributed by atoms with Crippen molar-refractivity contribution in [1.82, 2.24) is 4.98 Å².